The number of likely N-dealkylation sites (N-methyl/N-ethyl adjacent to an activating group) is 1. The van der Waals surface area contributed by atoms with Crippen molar-refractivity contribution in [1.29, 1.82) is 0 Å². The Bertz CT molecular complexity index is 1080. The van der Waals surface area contributed by atoms with Crippen molar-refractivity contribution in [2.24, 2.45) is 0 Å². The number of carbonyl (C=O) groups excluding carboxylic acids is 2. The molecule has 0 unspecified atom stereocenters. The maximum absolute atomic E-state index is 12.7. The molecule has 2 N–H and O–H groups in total. The zero-order chi connectivity index (χ0) is 23.1. The first-order valence-corrected chi connectivity index (χ1v) is 10.5. The summed E-state index contributed by atoms with van der Waals surface area (Å²) in [7, 11) is 1.55. The molecule has 0 aliphatic heterocycles. The number of ether oxygens (including phenoxy) is 1. The number of aromatic nitrogens is 2. The summed E-state index contributed by atoms with van der Waals surface area (Å²) in [6, 6.07) is 17.0. The summed E-state index contributed by atoms with van der Waals surface area (Å²) in [6.45, 7) is 6.41. The minimum absolute atomic E-state index is 0.0865. The zero-order valence-electron chi connectivity index (χ0n) is 18.9. The molecule has 1 heterocycles. The van der Waals surface area contributed by atoms with E-state index in [4.69, 9.17) is 4.74 Å². The lowest BCUT2D eigenvalue weighted by Crippen LogP contribution is -2.38. The number of amides is 2. The number of rotatable bonds is 9. The maximum atomic E-state index is 12.7. The fourth-order valence-electron chi connectivity index (χ4n) is 3.45. The van der Waals surface area contributed by atoms with E-state index in [2.05, 4.69) is 15.7 Å². The van der Waals surface area contributed by atoms with Gasteiger partial charge < -0.3 is 15.4 Å². The highest BCUT2D eigenvalue weighted by atomic mass is 16.5. The summed E-state index contributed by atoms with van der Waals surface area (Å²) in [5.74, 6) is 0.173. The molecule has 0 spiro atoms. The standard InChI is InChI=1S/C24H29N5O3/c1-5-28(15-22(30)25-20-13-9-10-14-21(20)32-4)16-23(31)26-24-17(2)27-29(18(24)3)19-11-7-6-8-12-19/h6-14H,5,15-16H2,1-4H3,(H,25,30)(H,26,31). The van der Waals surface area contributed by atoms with Gasteiger partial charge in [0, 0.05) is 0 Å². The lowest BCUT2D eigenvalue weighted by molar-refractivity contribution is -0.119. The molecule has 2 aromatic carbocycles. The topological polar surface area (TPSA) is 88.5 Å². The van der Waals surface area contributed by atoms with Gasteiger partial charge in [0.1, 0.15) is 5.75 Å². The molecule has 0 atom stereocenters. The molecule has 0 radical (unpaired) electrons. The lowest BCUT2D eigenvalue weighted by atomic mass is 10.2. The molecule has 8 heteroatoms. The van der Waals surface area contributed by atoms with E-state index in [9.17, 15) is 9.59 Å². The van der Waals surface area contributed by atoms with Gasteiger partial charge >= 0.3 is 0 Å². The number of nitrogens with one attached hydrogen (secondary N) is 2. The second-order valence-corrected chi connectivity index (χ2v) is 7.39. The molecule has 1 aromatic heterocycles. The van der Waals surface area contributed by atoms with Crippen LogP contribution in [0.5, 0.6) is 5.75 Å². The first-order chi connectivity index (χ1) is 15.4. The second-order valence-electron chi connectivity index (χ2n) is 7.39. The van der Waals surface area contributed by atoms with Crippen molar-refractivity contribution >= 4 is 23.2 Å². The molecule has 3 rings (SSSR count). The number of hydrogen-bond donors (Lipinski definition) is 2. The van der Waals surface area contributed by atoms with E-state index in [-0.39, 0.29) is 24.9 Å². The highest BCUT2D eigenvalue weighted by Crippen LogP contribution is 2.24. The minimum Gasteiger partial charge on any atom is -0.495 e. The Balaban J connectivity index is 1.62. The van der Waals surface area contributed by atoms with Crippen LogP contribution in [0.15, 0.2) is 54.6 Å². The van der Waals surface area contributed by atoms with Crippen LogP contribution in [0.25, 0.3) is 5.69 Å². The monoisotopic (exact) mass is 435 g/mol. The Hall–Kier alpha value is -3.65. The van der Waals surface area contributed by atoms with Crippen LogP contribution in [0, 0.1) is 13.8 Å². The molecule has 2 amide bonds. The predicted molar refractivity (Wildman–Crippen MR) is 125 cm³/mol. The Morgan fingerprint density at radius 1 is 0.969 bits per heavy atom. The fraction of sp³-hybridized carbons (Fsp3) is 0.292. The van der Waals surface area contributed by atoms with Crippen molar-refractivity contribution in [1.82, 2.24) is 14.7 Å². The van der Waals surface area contributed by atoms with Crippen LogP contribution in [0.2, 0.25) is 0 Å². The number of benzene rings is 2. The Kier molecular flexibility index (Phi) is 7.62. The highest BCUT2D eigenvalue weighted by Gasteiger charge is 2.18. The van der Waals surface area contributed by atoms with Crippen LogP contribution in [-0.2, 0) is 9.59 Å². The summed E-state index contributed by atoms with van der Waals surface area (Å²) in [5, 5.41) is 10.4. The fourth-order valence-corrected chi connectivity index (χ4v) is 3.45. The van der Waals surface area contributed by atoms with E-state index in [0.29, 0.717) is 23.7 Å². The zero-order valence-corrected chi connectivity index (χ0v) is 18.9. The number of anilines is 2. The SMILES string of the molecule is CCN(CC(=O)Nc1ccccc1OC)CC(=O)Nc1c(C)nn(-c2ccccc2)c1C. The van der Waals surface area contributed by atoms with Gasteiger partial charge in [0.2, 0.25) is 11.8 Å². The Labute approximate surface area is 188 Å². The van der Waals surface area contributed by atoms with Crippen LogP contribution in [0.1, 0.15) is 18.3 Å². The molecule has 0 saturated carbocycles. The number of nitrogens with zero attached hydrogens (tertiary/aromatic N) is 3. The average Bonchev–Trinajstić information content (AvgIpc) is 3.07. The van der Waals surface area contributed by atoms with Crippen molar-refractivity contribution in [2.45, 2.75) is 20.8 Å². The summed E-state index contributed by atoms with van der Waals surface area (Å²) < 4.78 is 7.07. The number of para-hydroxylation sites is 3. The maximum Gasteiger partial charge on any atom is 0.238 e. The first kappa shape index (κ1) is 23.0. The number of carbonyl (C=O) groups is 2. The van der Waals surface area contributed by atoms with Crippen LogP contribution in [0.4, 0.5) is 11.4 Å². The van der Waals surface area contributed by atoms with Crippen molar-refractivity contribution in [3.8, 4) is 11.4 Å². The van der Waals surface area contributed by atoms with Crippen LogP contribution in [0.3, 0.4) is 0 Å². The van der Waals surface area contributed by atoms with E-state index in [1.165, 1.54) is 0 Å². The van der Waals surface area contributed by atoms with Gasteiger partial charge in [-0.3, -0.25) is 14.5 Å². The molecule has 0 aliphatic carbocycles. The van der Waals surface area contributed by atoms with E-state index in [1.807, 2.05) is 67.9 Å². The smallest absolute Gasteiger partial charge is 0.238 e. The molecular formula is C24H29N5O3. The highest BCUT2D eigenvalue weighted by molar-refractivity contribution is 5.96. The molecule has 0 aliphatic rings. The first-order valence-electron chi connectivity index (χ1n) is 10.5. The van der Waals surface area contributed by atoms with E-state index < -0.39 is 0 Å². The summed E-state index contributed by atoms with van der Waals surface area (Å²) in [6.07, 6.45) is 0. The third-order valence-corrected chi connectivity index (χ3v) is 5.12. The Morgan fingerprint density at radius 2 is 1.59 bits per heavy atom. The van der Waals surface area contributed by atoms with Crippen molar-refractivity contribution in [3.05, 3.63) is 66.0 Å². The molecule has 8 nitrogen and oxygen atoms in total. The van der Waals surface area contributed by atoms with Gasteiger partial charge in [-0.15, -0.1) is 0 Å². The quantitative estimate of drug-likeness (QED) is 0.538. The number of aryl methyl sites for hydroxylation is 1. The molecule has 32 heavy (non-hydrogen) atoms. The summed E-state index contributed by atoms with van der Waals surface area (Å²) in [4.78, 5) is 27.0. The number of hydrogen-bond acceptors (Lipinski definition) is 5. The molecule has 0 saturated heterocycles. The second kappa shape index (κ2) is 10.6. The van der Waals surface area contributed by atoms with Gasteiger partial charge in [0.25, 0.3) is 0 Å². The molecule has 168 valence electrons. The lowest BCUT2D eigenvalue weighted by Gasteiger charge is -2.20. The largest absolute Gasteiger partial charge is 0.495 e. The number of methoxy groups -OCH3 is 1. The third kappa shape index (κ3) is 5.53. The van der Waals surface area contributed by atoms with E-state index in [1.54, 1.807) is 24.1 Å². The van der Waals surface area contributed by atoms with Gasteiger partial charge in [0.15, 0.2) is 0 Å². The third-order valence-electron chi connectivity index (χ3n) is 5.12. The predicted octanol–water partition coefficient (Wildman–Crippen LogP) is 3.40. The molecule has 0 bridgehead atoms. The van der Waals surface area contributed by atoms with Gasteiger partial charge in [0.05, 0.1) is 48.6 Å². The summed E-state index contributed by atoms with van der Waals surface area (Å²) in [5.41, 5.74) is 3.79. The van der Waals surface area contributed by atoms with Crippen LogP contribution >= 0.6 is 0 Å². The van der Waals surface area contributed by atoms with Gasteiger partial charge in [-0.25, -0.2) is 4.68 Å². The molecular weight excluding hydrogens is 406 g/mol. The van der Waals surface area contributed by atoms with Crippen molar-refractivity contribution in [2.75, 3.05) is 37.4 Å². The van der Waals surface area contributed by atoms with Gasteiger partial charge in [-0.2, -0.15) is 5.10 Å². The van der Waals surface area contributed by atoms with Gasteiger partial charge in [-0.05, 0) is 44.7 Å². The van der Waals surface area contributed by atoms with Gasteiger partial charge in [-0.1, -0.05) is 37.3 Å². The van der Waals surface area contributed by atoms with Crippen LogP contribution in [-0.4, -0.2) is 53.2 Å². The van der Waals surface area contributed by atoms with Crippen molar-refractivity contribution in [3.63, 3.8) is 0 Å². The Morgan fingerprint density at radius 3 is 2.25 bits per heavy atom. The normalized spacial score (nSPS) is 10.8. The molecule has 0 fully saturated rings. The van der Waals surface area contributed by atoms with E-state index in [0.717, 1.165) is 17.1 Å². The average molecular weight is 436 g/mol. The van der Waals surface area contributed by atoms with Crippen molar-refractivity contribution < 1.29 is 14.3 Å². The summed E-state index contributed by atoms with van der Waals surface area (Å²) >= 11 is 0. The van der Waals surface area contributed by atoms with Crippen LogP contribution < -0.4 is 15.4 Å². The molecule has 3 aromatic rings. The van der Waals surface area contributed by atoms with E-state index >= 15 is 0 Å². The minimum atomic E-state index is -0.214.